The molecule has 16 heavy (non-hydrogen) atoms. The van der Waals surface area contributed by atoms with Gasteiger partial charge in [0.05, 0.1) is 23.7 Å². The highest BCUT2D eigenvalue weighted by Gasteiger charge is 2.23. The number of hydrogen-bond donors (Lipinski definition) is 0. The summed E-state index contributed by atoms with van der Waals surface area (Å²) < 4.78 is 28.2. The van der Waals surface area contributed by atoms with Gasteiger partial charge in [-0.15, -0.1) is 0 Å². The highest BCUT2D eigenvalue weighted by atomic mass is 32.2. The van der Waals surface area contributed by atoms with E-state index < -0.39 is 21.7 Å². The second-order valence-corrected chi connectivity index (χ2v) is 5.55. The predicted molar refractivity (Wildman–Crippen MR) is 59.7 cm³/mol. The standard InChI is InChI=1S/C11H14O4S/c1-9(11(12)15-2)8-16(13,14)10-6-4-3-5-7-10/h3-7,9H,8H2,1-2H3. The van der Waals surface area contributed by atoms with Gasteiger partial charge in [0.1, 0.15) is 0 Å². The van der Waals surface area contributed by atoms with Gasteiger partial charge in [0, 0.05) is 0 Å². The topological polar surface area (TPSA) is 60.4 Å². The van der Waals surface area contributed by atoms with Crippen LogP contribution in [0.5, 0.6) is 0 Å². The van der Waals surface area contributed by atoms with E-state index >= 15 is 0 Å². The van der Waals surface area contributed by atoms with Crippen LogP contribution in [0.2, 0.25) is 0 Å². The van der Waals surface area contributed by atoms with E-state index in [1.807, 2.05) is 0 Å². The van der Waals surface area contributed by atoms with Crippen molar-refractivity contribution in [2.24, 2.45) is 5.92 Å². The van der Waals surface area contributed by atoms with Crippen LogP contribution in [0.1, 0.15) is 6.92 Å². The molecule has 4 nitrogen and oxygen atoms in total. The van der Waals surface area contributed by atoms with Crippen LogP contribution in [0.4, 0.5) is 0 Å². The number of benzene rings is 1. The summed E-state index contributed by atoms with van der Waals surface area (Å²) in [5.74, 6) is -1.40. The summed E-state index contributed by atoms with van der Waals surface area (Å²) >= 11 is 0. The SMILES string of the molecule is COC(=O)C(C)CS(=O)(=O)c1ccccc1. The minimum Gasteiger partial charge on any atom is -0.469 e. The predicted octanol–water partition coefficient (Wildman–Crippen LogP) is 1.27. The largest absolute Gasteiger partial charge is 0.469 e. The fourth-order valence-corrected chi connectivity index (χ4v) is 2.88. The van der Waals surface area contributed by atoms with Crippen LogP contribution in [-0.2, 0) is 19.4 Å². The summed E-state index contributed by atoms with van der Waals surface area (Å²) in [5.41, 5.74) is 0. The summed E-state index contributed by atoms with van der Waals surface area (Å²) in [6.45, 7) is 1.53. The van der Waals surface area contributed by atoms with Gasteiger partial charge in [0.2, 0.25) is 0 Å². The lowest BCUT2D eigenvalue weighted by atomic mass is 10.2. The molecule has 88 valence electrons. The first-order valence-electron chi connectivity index (χ1n) is 4.83. The van der Waals surface area contributed by atoms with Gasteiger partial charge in [-0.2, -0.15) is 0 Å². The first-order chi connectivity index (χ1) is 7.47. The number of esters is 1. The number of methoxy groups -OCH3 is 1. The molecule has 1 aromatic carbocycles. The zero-order chi connectivity index (χ0) is 12.2. The quantitative estimate of drug-likeness (QED) is 0.746. The highest BCUT2D eigenvalue weighted by Crippen LogP contribution is 2.14. The maximum atomic E-state index is 11.9. The van der Waals surface area contributed by atoms with Crippen LogP contribution >= 0.6 is 0 Å². The van der Waals surface area contributed by atoms with Crippen molar-refractivity contribution in [2.75, 3.05) is 12.9 Å². The van der Waals surface area contributed by atoms with E-state index in [4.69, 9.17) is 0 Å². The van der Waals surface area contributed by atoms with E-state index in [9.17, 15) is 13.2 Å². The highest BCUT2D eigenvalue weighted by molar-refractivity contribution is 7.91. The van der Waals surface area contributed by atoms with Crippen LogP contribution in [0.3, 0.4) is 0 Å². The summed E-state index contributed by atoms with van der Waals surface area (Å²) in [6, 6.07) is 8.06. The van der Waals surface area contributed by atoms with Gasteiger partial charge in [0.15, 0.2) is 9.84 Å². The third kappa shape index (κ3) is 3.06. The molecule has 0 radical (unpaired) electrons. The summed E-state index contributed by atoms with van der Waals surface area (Å²) in [7, 11) is -2.17. The molecule has 0 amide bonds. The van der Waals surface area contributed by atoms with Crippen molar-refractivity contribution in [1.82, 2.24) is 0 Å². The normalized spacial score (nSPS) is 13.1. The zero-order valence-electron chi connectivity index (χ0n) is 9.21. The van der Waals surface area contributed by atoms with Crippen molar-refractivity contribution in [3.8, 4) is 0 Å². The lowest BCUT2D eigenvalue weighted by Gasteiger charge is -2.09. The van der Waals surface area contributed by atoms with Gasteiger partial charge in [-0.05, 0) is 12.1 Å². The molecule has 0 aliphatic rings. The monoisotopic (exact) mass is 242 g/mol. The Bertz CT molecular complexity index is 450. The Morgan fingerprint density at radius 1 is 1.31 bits per heavy atom. The zero-order valence-corrected chi connectivity index (χ0v) is 10.0. The van der Waals surface area contributed by atoms with Crippen molar-refractivity contribution in [3.63, 3.8) is 0 Å². The van der Waals surface area contributed by atoms with E-state index in [0.717, 1.165) is 0 Å². The van der Waals surface area contributed by atoms with Crippen molar-refractivity contribution >= 4 is 15.8 Å². The molecule has 0 saturated heterocycles. The van der Waals surface area contributed by atoms with Crippen LogP contribution in [0.25, 0.3) is 0 Å². The fourth-order valence-electron chi connectivity index (χ4n) is 1.32. The Morgan fingerprint density at radius 2 is 1.88 bits per heavy atom. The number of carbonyl (C=O) groups is 1. The maximum absolute atomic E-state index is 11.9. The van der Waals surface area contributed by atoms with Gasteiger partial charge in [-0.3, -0.25) is 4.79 Å². The number of sulfone groups is 1. The van der Waals surface area contributed by atoms with Crippen LogP contribution in [-0.4, -0.2) is 27.2 Å². The Morgan fingerprint density at radius 3 is 2.38 bits per heavy atom. The van der Waals surface area contributed by atoms with E-state index in [2.05, 4.69) is 4.74 Å². The summed E-state index contributed by atoms with van der Waals surface area (Å²) in [5, 5.41) is 0. The minimum atomic E-state index is -3.42. The van der Waals surface area contributed by atoms with E-state index in [1.165, 1.54) is 26.2 Å². The van der Waals surface area contributed by atoms with Gasteiger partial charge in [0.25, 0.3) is 0 Å². The lowest BCUT2D eigenvalue weighted by molar-refractivity contribution is -0.144. The van der Waals surface area contributed by atoms with Gasteiger partial charge >= 0.3 is 5.97 Å². The van der Waals surface area contributed by atoms with Gasteiger partial charge in [-0.25, -0.2) is 8.42 Å². The van der Waals surface area contributed by atoms with Crippen LogP contribution in [0, 0.1) is 5.92 Å². The molecule has 0 heterocycles. The number of ether oxygens (including phenoxy) is 1. The third-order valence-corrected chi connectivity index (χ3v) is 4.10. The van der Waals surface area contributed by atoms with E-state index in [-0.39, 0.29) is 10.6 Å². The number of hydrogen-bond acceptors (Lipinski definition) is 4. The molecule has 0 aliphatic heterocycles. The second kappa shape index (κ2) is 5.12. The third-order valence-electron chi connectivity index (χ3n) is 2.18. The Kier molecular flexibility index (Phi) is 4.06. The summed E-state index contributed by atoms with van der Waals surface area (Å²) in [6.07, 6.45) is 0. The molecule has 0 saturated carbocycles. The number of carbonyl (C=O) groups excluding carboxylic acids is 1. The molecule has 1 atom stereocenters. The number of rotatable bonds is 4. The first kappa shape index (κ1) is 12.7. The Hall–Kier alpha value is -1.36. The average molecular weight is 242 g/mol. The smallest absolute Gasteiger partial charge is 0.309 e. The summed E-state index contributed by atoms with van der Waals surface area (Å²) in [4.78, 5) is 11.4. The van der Waals surface area contributed by atoms with Crippen LogP contribution < -0.4 is 0 Å². The first-order valence-corrected chi connectivity index (χ1v) is 6.48. The molecule has 1 aromatic rings. The van der Waals surface area contributed by atoms with E-state index in [0.29, 0.717) is 0 Å². The minimum absolute atomic E-state index is 0.228. The molecule has 0 aliphatic carbocycles. The lowest BCUT2D eigenvalue weighted by Crippen LogP contribution is -2.22. The van der Waals surface area contributed by atoms with Crippen molar-refractivity contribution in [3.05, 3.63) is 30.3 Å². The average Bonchev–Trinajstić information content (AvgIpc) is 2.28. The molecular weight excluding hydrogens is 228 g/mol. The van der Waals surface area contributed by atoms with Crippen molar-refractivity contribution in [1.29, 1.82) is 0 Å². The van der Waals surface area contributed by atoms with Crippen molar-refractivity contribution in [2.45, 2.75) is 11.8 Å². The molecule has 5 heteroatoms. The molecule has 0 spiro atoms. The van der Waals surface area contributed by atoms with E-state index in [1.54, 1.807) is 18.2 Å². The fraction of sp³-hybridized carbons (Fsp3) is 0.364. The molecule has 0 aromatic heterocycles. The Balaban J connectivity index is 2.85. The molecule has 1 unspecified atom stereocenters. The van der Waals surface area contributed by atoms with Gasteiger partial charge < -0.3 is 4.74 Å². The molecule has 0 bridgehead atoms. The van der Waals surface area contributed by atoms with Crippen LogP contribution in [0.15, 0.2) is 35.2 Å². The maximum Gasteiger partial charge on any atom is 0.309 e. The molecular formula is C11H14O4S. The Labute approximate surface area is 95.2 Å². The second-order valence-electron chi connectivity index (χ2n) is 3.52. The van der Waals surface area contributed by atoms with Gasteiger partial charge in [-0.1, -0.05) is 25.1 Å². The molecule has 1 rings (SSSR count). The molecule has 0 N–H and O–H groups in total. The van der Waals surface area contributed by atoms with Crippen molar-refractivity contribution < 1.29 is 17.9 Å². The molecule has 0 fully saturated rings.